The third kappa shape index (κ3) is 3.45. The van der Waals surface area contributed by atoms with E-state index in [9.17, 15) is 4.79 Å². The van der Waals surface area contributed by atoms with Crippen LogP contribution in [-0.2, 0) is 0 Å². The van der Waals surface area contributed by atoms with E-state index < -0.39 is 0 Å². The SMILES string of the molecule is C=CCN(CC=C)C(=O)c1ccc(N(C)C)nc1. The zero-order valence-corrected chi connectivity index (χ0v) is 11.0. The number of anilines is 1. The molecule has 4 heteroatoms. The summed E-state index contributed by atoms with van der Waals surface area (Å²) >= 11 is 0. The van der Waals surface area contributed by atoms with Gasteiger partial charge in [-0.25, -0.2) is 4.98 Å². The normalized spacial score (nSPS) is 9.67. The van der Waals surface area contributed by atoms with E-state index in [4.69, 9.17) is 0 Å². The molecule has 0 fully saturated rings. The van der Waals surface area contributed by atoms with Gasteiger partial charge < -0.3 is 9.80 Å². The number of aromatic nitrogens is 1. The van der Waals surface area contributed by atoms with E-state index in [0.717, 1.165) is 5.82 Å². The molecule has 0 radical (unpaired) electrons. The zero-order valence-electron chi connectivity index (χ0n) is 11.0. The van der Waals surface area contributed by atoms with Crippen LogP contribution in [0.15, 0.2) is 43.6 Å². The van der Waals surface area contributed by atoms with Gasteiger partial charge in [0.05, 0.1) is 5.56 Å². The largest absolute Gasteiger partial charge is 0.363 e. The van der Waals surface area contributed by atoms with Crippen LogP contribution in [0.3, 0.4) is 0 Å². The second-order valence-corrected chi connectivity index (χ2v) is 4.09. The topological polar surface area (TPSA) is 36.4 Å². The lowest BCUT2D eigenvalue weighted by molar-refractivity contribution is 0.0790. The summed E-state index contributed by atoms with van der Waals surface area (Å²) in [6.45, 7) is 8.29. The van der Waals surface area contributed by atoms with Gasteiger partial charge in [-0.05, 0) is 12.1 Å². The molecule has 1 aromatic rings. The number of rotatable bonds is 6. The summed E-state index contributed by atoms with van der Waals surface area (Å²) in [5.41, 5.74) is 0.573. The van der Waals surface area contributed by atoms with Gasteiger partial charge >= 0.3 is 0 Å². The van der Waals surface area contributed by atoms with Crippen LogP contribution in [0.25, 0.3) is 0 Å². The highest BCUT2D eigenvalue weighted by molar-refractivity contribution is 5.94. The van der Waals surface area contributed by atoms with Gasteiger partial charge in [-0.3, -0.25) is 4.79 Å². The van der Waals surface area contributed by atoms with Crippen molar-refractivity contribution in [2.24, 2.45) is 0 Å². The molecule has 0 saturated heterocycles. The third-order valence-corrected chi connectivity index (χ3v) is 2.44. The molecule has 1 aromatic heterocycles. The van der Waals surface area contributed by atoms with Crippen LogP contribution >= 0.6 is 0 Å². The smallest absolute Gasteiger partial charge is 0.255 e. The Hall–Kier alpha value is -2.10. The highest BCUT2D eigenvalue weighted by Crippen LogP contribution is 2.10. The van der Waals surface area contributed by atoms with Crippen LogP contribution in [-0.4, -0.2) is 43.0 Å². The number of carbonyl (C=O) groups is 1. The van der Waals surface area contributed by atoms with Gasteiger partial charge in [0.25, 0.3) is 5.91 Å². The van der Waals surface area contributed by atoms with Gasteiger partial charge in [-0.15, -0.1) is 13.2 Å². The van der Waals surface area contributed by atoms with Crippen molar-refractivity contribution < 1.29 is 4.79 Å². The average Bonchev–Trinajstić information content (AvgIpc) is 2.38. The van der Waals surface area contributed by atoms with E-state index in [2.05, 4.69) is 18.1 Å². The van der Waals surface area contributed by atoms with E-state index in [1.165, 1.54) is 0 Å². The fourth-order valence-electron chi connectivity index (χ4n) is 1.51. The summed E-state index contributed by atoms with van der Waals surface area (Å²) < 4.78 is 0. The molecular weight excluding hydrogens is 226 g/mol. The van der Waals surface area contributed by atoms with E-state index in [0.29, 0.717) is 18.7 Å². The van der Waals surface area contributed by atoms with E-state index >= 15 is 0 Å². The number of hydrogen-bond donors (Lipinski definition) is 0. The molecule has 0 aromatic carbocycles. The lowest BCUT2D eigenvalue weighted by Crippen LogP contribution is -2.31. The Bertz CT molecular complexity index is 413. The van der Waals surface area contributed by atoms with Crippen molar-refractivity contribution in [3.8, 4) is 0 Å². The van der Waals surface area contributed by atoms with Crippen molar-refractivity contribution in [1.29, 1.82) is 0 Å². The van der Waals surface area contributed by atoms with Crippen molar-refractivity contribution in [1.82, 2.24) is 9.88 Å². The Morgan fingerprint density at radius 1 is 1.28 bits per heavy atom. The molecule has 18 heavy (non-hydrogen) atoms. The lowest BCUT2D eigenvalue weighted by Gasteiger charge is -2.19. The predicted octanol–water partition coefficient (Wildman–Crippen LogP) is 1.96. The summed E-state index contributed by atoms with van der Waals surface area (Å²) in [4.78, 5) is 20.0. The van der Waals surface area contributed by atoms with Crippen molar-refractivity contribution >= 4 is 11.7 Å². The fraction of sp³-hybridized carbons (Fsp3) is 0.286. The minimum atomic E-state index is -0.0624. The average molecular weight is 245 g/mol. The van der Waals surface area contributed by atoms with Crippen LogP contribution in [0.5, 0.6) is 0 Å². The van der Waals surface area contributed by atoms with Crippen molar-refractivity contribution in [2.75, 3.05) is 32.1 Å². The quantitative estimate of drug-likeness (QED) is 0.719. The number of amides is 1. The standard InChI is InChI=1S/C14H19N3O/c1-5-9-17(10-6-2)14(18)12-7-8-13(15-11-12)16(3)4/h5-8,11H,1-2,9-10H2,3-4H3. The maximum absolute atomic E-state index is 12.2. The van der Waals surface area contributed by atoms with Crippen molar-refractivity contribution in [3.05, 3.63) is 49.2 Å². The summed E-state index contributed by atoms with van der Waals surface area (Å²) in [5, 5.41) is 0. The molecule has 0 aliphatic heterocycles. The first-order valence-corrected chi connectivity index (χ1v) is 5.74. The Labute approximate surface area is 108 Å². The molecule has 0 unspecified atom stereocenters. The van der Waals surface area contributed by atoms with Gasteiger partial charge in [-0.1, -0.05) is 12.2 Å². The lowest BCUT2D eigenvalue weighted by atomic mass is 10.2. The highest BCUT2D eigenvalue weighted by Gasteiger charge is 2.13. The Morgan fingerprint density at radius 3 is 2.28 bits per heavy atom. The second-order valence-electron chi connectivity index (χ2n) is 4.09. The summed E-state index contributed by atoms with van der Waals surface area (Å²) in [7, 11) is 3.82. The Kier molecular flexibility index (Phi) is 5.11. The molecule has 0 aliphatic carbocycles. The predicted molar refractivity (Wildman–Crippen MR) is 74.9 cm³/mol. The van der Waals surface area contributed by atoms with Crippen LogP contribution < -0.4 is 4.90 Å². The molecule has 4 nitrogen and oxygen atoms in total. The molecular formula is C14H19N3O. The van der Waals surface area contributed by atoms with Crippen molar-refractivity contribution in [2.45, 2.75) is 0 Å². The first kappa shape index (κ1) is 14.0. The van der Waals surface area contributed by atoms with Crippen LogP contribution in [0.1, 0.15) is 10.4 Å². The molecule has 1 amide bonds. The number of pyridine rings is 1. The van der Waals surface area contributed by atoms with Gasteiger partial charge in [0.15, 0.2) is 0 Å². The first-order chi connectivity index (χ1) is 8.60. The monoisotopic (exact) mass is 245 g/mol. The summed E-state index contributed by atoms with van der Waals surface area (Å²) in [6, 6.07) is 3.61. The minimum Gasteiger partial charge on any atom is -0.363 e. The first-order valence-electron chi connectivity index (χ1n) is 5.74. The van der Waals surface area contributed by atoms with E-state index in [1.807, 2.05) is 25.1 Å². The van der Waals surface area contributed by atoms with Gasteiger partial charge in [0, 0.05) is 33.4 Å². The second kappa shape index (κ2) is 6.59. The van der Waals surface area contributed by atoms with Gasteiger partial charge in [0.1, 0.15) is 5.82 Å². The Balaban J connectivity index is 2.87. The minimum absolute atomic E-state index is 0.0624. The highest BCUT2D eigenvalue weighted by atomic mass is 16.2. The zero-order chi connectivity index (χ0) is 13.5. The molecule has 1 heterocycles. The van der Waals surface area contributed by atoms with Gasteiger partial charge in [0.2, 0.25) is 0 Å². The molecule has 0 saturated carbocycles. The maximum Gasteiger partial charge on any atom is 0.255 e. The van der Waals surface area contributed by atoms with E-state index in [-0.39, 0.29) is 5.91 Å². The molecule has 0 spiro atoms. The number of nitrogens with zero attached hydrogens (tertiary/aromatic N) is 3. The van der Waals surface area contributed by atoms with Crippen LogP contribution in [0.2, 0.25) is 0 Å². The number of carbonyl (C=O) groups excluding carboxylic acids is 1. The number of hydrogen-bond acceptors (Lipinski definition) is 3. The van der Waals surface area contributed by atoms with Crippen LogP contribution in [0, 0.1) is 0 Å². The molecule has 0 aliphatic rings. The maximum atomic E-state index is 12.2. The molecule has 96 valence electrons. The third-order valence-electron chi connectivity index (χ3n) is 2.44. The molecule has 0 bridgehead atoms. The van der Waals surface area contributed by atoms with Gasteiger partial charge in [-0.2, -0.15) is 0 Å². The van der Waals surface area contributed by atoms with Crippen molar-refractivity contribution in [3.63, 3.8) is 0 Å². The molecule has 0 N–H and O–H groups in total. The Morgan fingerprint density at radius 2 is 1.89 bits per heavy atom. The molecule has 1 rings (SSSR count). The van der Waals surface area contributed by atoms with E-state index in [1.54, 1.807) is 29.3 Å². The van der Waals surface area contributed by atoms with Crippen LogP contribution in [0.4, 0.5) is 5.82 Å². The summed E-state index contributed by atoms with van der Waals surface area (Å²) in [6.07, 6.45) is 4.99. The fourth-order valence-corrected chi connectivity index (χ4v) is 1.51. The summed E-state index contributed by atoms with van der Waals surface area (Å²) in [5.74, 6) is 0.762. The molecule has 0 atom stereocenters.